The van der Waals surface area contributed by atoms with Gasteiger partial charge in [0, 0.05) is 30.6 Å². The van der Waals surface area contributed by atoms with Crippen molar-refractivity contribution in [3.8, 4) is 0 Å². The van der Waals surface area contributed by atoms with E-state index < -0.39 is 0 Å². The summed E-state index contributed by atoms with van der Waals surface area (Å²) < 4.78 is 8.46. The van der Waals surface area contributed by atoms with Gasteiger partial charge in [-0.3, -0.25) is 9.58 Å². The molecule has 0 N–H and O–H groups in total. The lowest BCUT2D eigenvalue weighted by Gasteiger charge is -2.40. The highest BCUT2D eigenvalue weighted by Gasteiger charge is 2.42. The zero-order valence-electron chi connectivity index (χ0n) is 16.1. The van der Waals surface area contributed by atoms with E-state index in [4.69, 9.17) is 9.84 Å². The molecule has 1 saturated carbocycles. The monoisotopic (exact) mass is 353 g/mol. The summed E-state index contributed by atoms with van der Waals surface area (Å²) in [4.78, 5) is 2.80. The minimum atomic E-state index is 0.532. The molecule has 0 radical (unpaired) electrons. The van der Waals surface area contributed by atoms with E-state index in [1.165, 1.54) is 56.0 Å². The molecule has 2 bridgehead atoms. The van der Waals surface area contributed by atoms with Gasteiger partial charge in [-0.25, -0.2) is 0 Å². The standard InChI is InChI=1S/C22H31N3O/c1-15(14-25-22-6-4-3-5-21(22)16(2)23-25)13-24-17-7-8-18(24)12-20(11-17)26-19-9-10-19/h3-6,15,17-20H,7-14H2,1-2H3/t15-,17+,18+/m1/s1. The summed E-state index contributed by atoms with van der Waals surface area (Å²) in [5.74, 6) is 0.613. The second kappa shape index (κ2) is 6.65. The molecule has 140 valence electrons. The van der Waals surface area contributed by atoms with Crippen LogP contribution in [0.4, 0.5) is 0 Å². The number of ether oxygens (including phenoxy) is 1. The van der Waals surface area contributed by atoms with Gasteiger partial charge in [-0.15, -0.1) is 0 Å². The molecule has 0 spiro atoms. The van der Waals surface area contributed by atoms with Crippen LogP contribution in [0.2, 0.25) is 0 Å². The molecule has 2 saturated heterocycles. The summed E-state index contributed by atoms with van der Waals surface area (Å²) in [6, 6.07) is 10.1. The normalized spacial score (nSPS) is 30.2. The molecule has 0 unspecified atom stereocenters. The molecule has 26 heavy (non-hydrogen) atoms. The Morgan fingerprint density at radius 1 is 1.04 bits per heavy atom. The van der Waals surface area contributed by atoms with E-state index in [1.54, 1.807) is 0 Å². The Kier molecular flexibility index (Phi) is 4.29. The summed E-state index contributed by atoms with van der Waals surface area (Å²) in [5, 5.41) is 6.10. The van der Waals surface area contributed by atoms with E-state index in [0.29, 0.717) is 18.1 Å². The Morgan fingerprint density at radius 2 is 1.77 bits per heavy atom. The fourth-order valence-electron chi connectivity index (χ4n) is 5.26. The van der Waals surface area contributed by atoms with Crippen LogP contribution in [0, 0.1) is 12.8 Å². The second-order valence-electron chi connectivity index (χ2n) is 8.90. The van der Waals surface area contributed by atoms with Gasteiger partial charge in [0.25, 0.3) is 0 Å². The largest absolute Gasteiger partial charge is 0.375 e. The zero-order chi connectivity index (χ0) is 17.7. The molecule has 3 atom stereocenters. The van der Waals surface area contributed by atoms with E-state index in [2.05, 4.69) is 47.7 Å². The number of rotatable bonds is 6. The third-order valence-electron chi connectivity index (χ3n) is 6.60. The molecule has 3 fully saturated rings. The van der Waals surface area contributed by atoms with Crippen LogP contribution in [-0.4, -0.2) is 45.5 Å². The molecule has 5 rings (SSSR count). The van der Waals surface area contributed by atoms with E-state index in [9.17, 15) is 0 Å². The van der Waals surface area contributed by atoms with Gasteiger partial charge in [-0.2, -0.15) is 5.10 Å². The predicted molar refractivity (Wildman–Crippen MR) is 104 cm³/mol. The molecule has 1 aromatic heterocycles. The summed E-state index contributed by atoms with van der Waals surface area (Å²) >= 11 is 0. The number of hydrogen-bond acceptors (Lipinski definition) is 3. The molecule has 4 heteroatoms. The number of aryl methyl sites for hydroxylation is 1. The lowest BCUT2D eigenvalue weighted by atomic mass is 9.98. The van der Waals surface area contributed by atoms with Crippen LogP contribution in [-0.2, 0) is 11.3 Å². The summed E-state index contributed by atoms with van der Waals surface area (Å²) in [6.07, 6.45) is 8.96. The predicted octanol–water partition coefficient (Wildman–Crippen LogP) is 4.16. The van der Waals surface area contributed by atoms with Crippen LogP contribution in [0.3, 0.4) is 0 Å². The summed E-state index contributed by atoms with van der Waals surface area (Å²) in [5.41, 5.74) is 2.42. The van der Waals surface area contributed by atoms with Crippen molar-refractivity contribution in [2.45, 2.75) is 83.2 Å². The Balaban J connectivity index is 1.23. The van der Waals surface area contributed by atoms with Crippen LogP contribution in [0.25, 0.3) is 10.9 Å². The fourth-order valence-corrected chi connectivity index (χ4v) is 5.26. The van der Waals surface area contributed by atoms with Crippen LogP contribution in [0.15, 0.2) is 24.3 Å². The highest BCUT2D eigenvalue weighted by atomic mass is 16.5. The average molecular weight is 354 g/mol. The Morgan fingerprint density at radius 3 is 2.50 bits per heavy atom. The first kappa shape index (κ1) is 16.8. The van der Waals surface area contributed by atoms with Crippen LogP contribution < -0.4 is 0 Å². The summed E-state index contributed by atoms with van der Waals surface area (Å²) in [6.45, 7) is 6.71. The van der Waals surface area contributed by atoms with E-state index in [-0.39, 0.29) is 0 Å². The van der Waals surface area contributed by atoms with Crippen molar-refractivity contribution >= 4 is 10.9 Å². The molecule has 0 amide bonds. The molecule has 1 aliphatic carbocycles. The minimum absolute atomic E-state index is 0.532. The van der Waals surface area contributed by atoms with Gasteiger partial charge in [0.1, 0.15) is 0 Å². The maximum atomic E-state index is 6.24. The number of piperidine rings is 1. The minimum Gasteiger partial charge on any atom is -0.375 e. The molecule has 3 aliphatic rings. The molecular formula is C22H31N3O. The third-order valence-corrected chi connectivity index (χ3v) is 6.60. The van der Waals surface area contributed by atoms with Gasteiger partial charge in [-0.1, -0.05) is 25.1 Å². The van der Waals surface area contributed by atoms with Gasteiger partial charge in [0.2, 0.25) is 0 Å². The van der Waals surface area contributed by atoms with Crippen molar-refractivity contribution in [3.05, 3.63) is 30.0 Å². The highest BCUT2D eigenvalue weighted by Crippen LogP contribution is 2.39. The maximum absolute atomic E-state index is 6.24. The fraction of sp³-hybridized carbons (Fsp3) is 0.682. The smallest absolute Gasteiger partial charge is 0.0685 e. The maximum Gasteiger partial charge on any atom is 0.0685 e. The lowest BCUT2D eigenvalue weighted by molar-refractivity contribution is -0.0319. The zero-order valence-corrected chi connectivity index (χ0v) is 16.1. The highest BCUT2D eigenvalue weighted by molar-refractivity contribution is 5.81. The van der Waals surface area contributed by atoms with Crippen molar-refractivity contribution in [2.24, 2.45) is 5.92 Å². The topological polar surface area (TPSA) is 30.3 Å². The number of benzene rings is 1. The van der Waals surface area contributed by atoms with Gasteiger partial charge in [0.05, 0.1) is 23.4 Å². The quantitative estimate of drug-likeness (QED) is 0.781. The van der Waals surface area contributed by atoms with Crippen molar-refractivity contribution in [2.75, 3.05) is 6.54 Å². The van der Waals surface area contributed by atoms with Crippen molar-refractivity contribution in [1.82, 2.24) is 14.7 Å². The SMILES string of the molecule is Cc1nn(C[C@H](C)CN2[C@H]3CC[C@H]2CC(OC2CC2)C3)c2ccccc12. The van der Waals surface area contributed by atoms with Gasteiger partial charge in [0.15, 0.2) is 0 Å². The number of hydrogen-bond donors (Lipinski definition) is 0. The van der Waals surface area contributed by atoms with Gasteiger partial charge >= 0.3 is 0 Å². The second-order valence-corrected chi connectivity index (χ2v) is 8.90. The molecule has 3 heterocycles. The Hall–Kier alpha value is -1.39. The van der Waals surface area contributed by atoms with Crippen LogP contribution >= 0.6 is 0 Å². The molecule has 2 aromatic rings. The summed E-state index contributed by atoms with van der Waals surface area (Å²) in [7, 11) is 0. The first-order chi connectivity index (χ1) is 12.7. The number of aromatic nitrogens is 2. The number of fused-ring (bicyclic) bond motifs is 3. The first-order valence-electron chi connectivity index (χ1n) is 10.5. The van der Waals surface area contributed by atoms with Crippen molar-refractivity contribution < 1.29 is 4.74 Å². The Labute approximate surface area is 156 Å². The third kappa shape index (κ3) is 3.18. The van der Waals surface area contributed by atoms with Crippen molar-refractivity contribution in [3.63, 3.8) is 0 Å². The molecule has 1 aromatic carbocycles. The van der Waals surface area contributed by atoms with E-state index >= 15 is 0 Å². The van der Waals surface area contributed by atoms with Gasteiger partial charge in [-0.05, 0) is 57.4 Å². The van der Waals surface area contributed by atoms with Crippen molar-refractivity contribution in [1.29, 1.82) is 0 Å². The van der Waals surface area contributed by atoms with E-state index in [1.807, 2.05) is 0 Å². The van der Waals surface area contributed by atoms with Crippen LogP contribution in [0.5, 0.6) is 0 Å². The first-order valence-corrected chi connectivity index (χ1v) is 10.5. The van der Waals surface area contributed by atoms with Crippen LogP contribution in [0.1, 0.15) is 51.1 Å². The Bertz CT molecular complexity index is 767. The van der Waals surface area contributed by atoms with Gasteiger partial charge < -0.3 is 4.74 Å². The number of nitrogens with zero attached hydrogens (tertiary/aromatic N) is 3. The van der Waals surface area contributed by atoms with E-state index in [0.717, 1.165) is 24.3 Å². The molecule has 2 aliphatic heterocycles. The molecular weight excluding hydrogens is 322 g/mol. The lowest BCUT2D eigenvalue weighted by Crippen LogP contribution is -2.47. The average Bonchev–Trinajstić information content (AvgIpc) is 3.35. The number of para-hydroxylation sites is 1. The molecule has 4 nitrogen and oxygen atoms in total.